The molecule has 0 unspecified atom stereocenters. The number of carbonyl (C=O) groups excluding carboxylic acids is 2. The van der Waals surface area contributed by atoms with Gasteiger partial charge in [-0.1, -0.05) is 45.9 Å². The topological polar surface area (TPSA) is 105 Å². The molecule has 4 atom stereocenters. The third-order valence-corrected chi connectivity index (χ3v) is 11.2. The average Bonchev–Trinajstić information content (AvgIpc) is 2.74. The predicted octanol–water partition coefficient (Wildman–Crippen LogP) is 4.95. The summed E-state index contributed by atoms with van der Waals surface area (Å²) in [5.41, 5.74) is 1.68. The lowest BCUT2D eigenvalue weighted by atomic mass is 9.99. The molecule has 1 aromatic carbocycles. The van der Waals surface area contributed by atoms with Gasteiger partial charge in [-0.05, 0) is 56.1 Å². The third-order valence-electron chi connectivity index (χ3n) is 6.82. The quantitative estimate of drug-likeness (QED) is 0.394. The van der Waals surface area contributed by atoms with Gasteiger partial charge in [0.1, 0.15) is 23.5 Å². The molecule has 0 saturated heterocycles. The summed E-state index contributed by atoms with van der Waals surface area (Å²) in [4.78, 5) is 25.8. The van der Waals surface area contributed by atoms with Crippen LogP contribution in [0.2, 0.25) is 18.1 Å². The second-order valence-corrected chi connectivity index (χ2v) is 15.4. The second-order valence-electron chi connectivity index (χ2n) is 10.7. The van der Waals surface area contributed by atoms with Crippen LogP contribution in [-0.4, -0.2) is 55.1 Å². The van der Waals surface area contributed by atoms with E-state index in [4.69, 9.17) is 9.16 Å². The van der Waals surface area contributed by atoms with E-state index in [2.05, 4.69) is 39.2 Å². The van der Waals surface area contributed by atoms with Crippen molar-refractivity contribution in [3.63, 3.8) is 0 Å². The molecule has 0 radical (unpaired) electrons. The highest BCUT2D eigenvalue weighted by atomic mass is 28.4. The molecule has 1 aromatic rings. The SMILES string of the molecule is CCNc1cc2c(c(O[Si](C)(C)C(C)(C)C)c1)C(=O)O[C@@H](C)[C@H](C)/C=C\C(=O)[C@@H](O)[C@@H](O)C/C=C/2. The van der Waals surface area contributed by atoms with E-state index in [1.54, 1.807) is 25.2 Å². The van der Waals surface area contributed by atoms with E-state index in [-0.39, 0.29) is 17.4 Å². The second kappa shape index (κ2) is 11.5. The molecule has 8 heteroatoms. The summed E-state index contributed by atoms with van der Waals surface area (Å²) in [5.74, 6) is -0.941. The molecule has 194 valence electrons. The molecular weight excluding hydrogens is 462 g/mol. The van der Waals surface area contributed by atoms with Crippen molar-refractivity contribution in [2.75, 3.05) is 11.9 Å². The number of carbonyl (C=O) groups is 2. The Morgan fingerprint density at radius 2 is 1.80 bits per heavy atom. The van der Waals surface area contributed by atoms with Crippen LogP contribution in [-0.2, 0) is 9.53 Å². The number of ether oxygens (including phenoxy) is 1. The van der Waals surface area contributed by atoms with Crippen LogP contribution >= 0.6 is 0 Å². The molecule has 1 heterocycles. The van der Waals surface area contributed by atoms with Gasteiger partial charge in [0.05, 0.1) is 6.10 Å². The van der Waals surface area contributed by atoms with Crippen molar-refractivity contribution in [3.8, 4) is 5.75 Å². The predicted molar refractivity (Wildman–Crippen MR) is 142 cm³/mol. The van der Waals surface area contributed by atoms with Gasteiger partial charge in [-0.2, -0.15) is 0 Å². The minimum absolute atomic E-state index is 0.0328. The van der Waals surface area contributed by atoms with Gasteiger partial charge in [0.15, 0.2) is 5.78 Å². The van der Waals surface area contributed by atoms with Crippen molar-refractivity contribution < 1.29 is 29.0 Å². The Hall–Kier alpha value is -2.42. The number of aliphatic hydroxyl groups is 2. The molecule has 0 fully saturated rings. The molecule has 0 bridgehead atoms. The summed E-state index contributed by atoms with van der Waals surface area (Å²) in [5, 5.41) is 23.7. The van der Waals surface area contributed by atoms with Crippen LogP contribution in [0.15, 0.2) is 30.4 Å². The fourth-order valence-electron chi connectivity index (χ4n) is 3.29. The number of rotatable bonds is 4. The summed E-state index contributed by atoms with van der Waals surface area (Å²) in [6.07, 6.45) is 2.85. The standard InChI is InChI=1S/C27H41NO6Si/c1-9-28-20-15-19-11-10-12-21(29)25(31)22(30)14-13-17(2)18(3)33-26(32)24(19)23(16-20)34-35(7,8)27(4,5)6/h10-11,13-18,21,25,28-29,31H,9,12H2,1-8H3/b11-10+,14-13-/t17-,18+,21+,25+/m1/s1. The molecule has 0 saturated carbocycles. The van der Waals surface area contributed by atoms with Crippen LogP contribution in [0.5, 0.6) is 5.75 Å². The monoisotopic (exact) mass is 503 g/mol. The largest absolute Gasteiger partial charge is 0.543 e. The van der Waals surface area contributed by atoms with E-state index in [0.717, 1.165) is 5.69 Å². The minimum atomic E-state index is -2.30. The molecule has 1 aliphatic rings. The number of benzene rings is 1. The maximum absolute atomic E-state index is 13.5. The van der Waals surface area contributed by atoms with Gasteiger partial charge in [0, 0.05) is 24.2 Å². The van der Waals surface area contributed by atoms with E-state index < -0.39 is 38.4 Å². The Bertz CT molecular complexity index is 979. The maximum Gasteiger partial charge on any atom is 0.342 e. The summed E-state index contributed by atoms with van der Waals surface area (Å²) in [7, 11) is -2.30. The highest BCUT2D eigenvalue weighted by Crippen LogP contribution is 2.40. The van der Waals surface area contributed by atoms with E-state index in [9.17, 15) is 19.8 Å². The zero-order valence-electron chi connectivity index (χ0n) is 22.2. The fourth-order valence-corrected chi connectivity index (χ4v) is 4.31. The molecule has 0 aromatic heterocycles. The lowest BCUT2D eigenvalue weighted by Gasteiger charge is -2.37. The van der Waals surface area contributed by atoms with Gasteiger partial charge in [0.2, 0.25) is 0 Å². The van der Waals surface area contributed by atoms with Crippen molar-refractivity contribution >= 4 is 31.8 Å². The smallest absolute Gasteiger partial charge is 0.342 e. The van der Waals surface area contributed by atoms with Gasteiger partial charge in [-0.3, -0.25) is 4.79 Å². The zero-order valence-corrected chi connectivity index (χ0v) is 23.2. The van der Waals surface area contributed by atoms with Crippen molar-refractivity contribution in [2.24, 2.45) is 5.92 Å². The zero-order chi connectivity index (χ0) is 26.6. The Balaban J connectivity index is 2.69. The van der Waals surface area contributed by atoms with Crippen LogP contribution in [0.4, 0.5) is 5.69 Å². The lowest BCUT2D eigenvalue weighted by Crippen LogP contribution is -2.44. The first-order valence-corrected chi connectivity index (χ1v) is 15.2. The third kappa shape index (κ3) is 7.29. The molecule has 0 aliphatic carbocycles. The molecule has 0 spiro atoms. The molecule has 7 nitrogen and oxygen atoms in total. The number of hydrogen-bond donors (Lipinski definition) is 3. The van der Waals surface area contributed by atoms with Crippen LogP contribution in [0.25, 0.3) is 6.08 Å². The number of anilines is 1. The molecule has 2 rings (SSSR count). The summed E-state index contributed by atoms with van der Waals surface area (Å²) < 4.78 is 12.4. The Kier molecular flexibility index (Phi) is 9.50. The first-order chi connectivity index (χ1) is 16.2. The van der Waals surface area contributed by atoms with Crippen molar-refractivity contribution in [2.45, 2.75) is 84.4 Å². The number of esters is 1. The first kappa shape index (κ1) is 28.8. The van der Waals surface area contributed by atoms with Crippen molar-refractivity contribution in [1.82, 2.24) is 0 Å². The molecule has 1 aliphatic heterocycles. The van der Waals surface area contributed by atoms with Gasteiger partial charge in [-0.15, -0.1) is 0 Å². The lowest BCUT2D eigenvalue weighted by molar-refractivity contribution is -0.127. The highest BCUT2D eigenvalue weighted by molar-refractivity contribution is 6.74. The van der Waals surface area contributed by atoms with Gasteiger partial charge in [0.25, 0.3) is 8.32 Å². The van der Waals surface area contributed by atoms with E-state index in [1.807, 2.05) is 26.0 Å². The summed E-state index contributed by atoms with van der Waals surface area (Å²) in [6.45, 7) is 16.9. The fraction of sp³-hybridized carbons (Fsp3) is 0.556. The Labute approximate surface area is 210 Å². The Morgan fingerprint density at radius 3 is 2.40 bits per heavy atom. The number of hydrogen-bond acceptors (Lipinski definition) is 7. The Morgan fingerprint density at radius 1 is 1.14 bits per heavy atom. The van der Waals surface area contributed by atoms with Crippen LogP contribution in [0, 0.1) is 5.92 Å². The van der Waals surface area contributed by atoms with Gasteiger partial charge < -0.3 is 24.7 Å². The van der Waals surface area contributed by atoms with E-state index in [0.29, 0.717) is 23.4 Å². The van der Waals surface area contributed by atoms with Crippen molar-refractivity contribution in [3.05, 3.63) is 41.5 Å². The van der Waals surface area contributed by atoms with Gasteiger partial charge >= 0.3 is 5.97 Å². The van der Waals surface area contributed by atoms with Crippen LogP contribution < -0.4 is 9.74 Å². The number of aliphatic hydroxyl groups excluding tert-OH is 2. The first-order valence-electron chi connectivity index (χ1n) is 12.2. The number of fused-ring (bicyclic) bond motifs is 1. The molecule has 35 heavy (non-hydrogen) atoms. The van der Waals surface area contributed by atoms with Gasteiger partial charge in [-0.25, -0.2) is 4.79 Å². The number of nitrogens with one attached hydrogen (secondary N) is 1. The van der Waals surface area contributed by atoms with Crippen LogP contribution in [0.3, 0.4) is 0 Å². The summed E-state index contributed by atoms with van der Waals surface area (Å²) >= 11 is 0. The number of ketones is 1. The number of cyclic esters (lactones) is 1. The molecular formula is C27H41NO6Si. The normalized spacial score (nSPS) is 26.2. The van der Waals surface area contributed by atoms with Crippen LogP contribution in [0.1, 0.15) is 63.9 Å². The maximum atomic E-state index is 13.5. The summed E-state index contributed by atoms with van der Waals surface area (Å²) in [6, 6.07) is 3.68. The van der Waals surface area contributed by atoms with Crippen molar-refractivity contribution in [1.29, 1.82) is 0 Å². The average molecular weight is 504 g/mol. The molecule has 3 N–H and O–H groups in total. The highest BCUT2D eigenvalue weighted by Gasteiger charge is 2.40. The molecule has 0 amide bonds. The minimum Gasteiger partial charge on any atom is -0.543 e. The van der Waals surface area contributed by atoms with E-state index in [1.165, 1.54) is 6.08 Å². The van der Waals surface area contributed by atoms with E-state index >= 15 is 0 Å².